The molecule has 4 rings (SSSR count). The molecule has 2 fully saturated rings. The van der Waals surface area contributed by atoms with E-state index >= 15 is 0 Å². The van der Waals surface area contributed by atoms with Gasteiger partial charge in [-0.05, 0) is 43.2 Å². The van der Waals surface area contributed by atoms with E-state index in [9.17, 15) is 18.0 Å². The first-order valence-corrected chi connectivity index (χ1v) is 11.0. The average Bonchev–Trinajstić information content (AvgIpc) is 3.29. The Bertz CT molecular complexity index is 1210. The van der Waals surface area contributed by atoms with E-state index in [4.69, 9.17) is 15.7 Å². The molecule has 1 saturated heterocycles. The Labute approximate surface area is 204 Å². The zero-order valence-electron chi connectivity index (χ0n) is 26.8. The van der Waals surface area contributed by atoms with Gasteiger partial charge < -0.3 is 19.7 Å². The van der Waals surface area contributed by atoms with Crippen molar-refractivity contribution in [2.24, 2.45) is 11.3 Å². The van der Waals surface area contributed by atoms with E-state index in [0.29, 0.717) is 11.3 Å². The molecule has 1 amide bonds. The number of halogens is 3. The molecule has 0 spiro atoms. The van der Waals surface area contributed by atoms with Gasteiger partial charge in [-0.3, -0.25) is 9.78 Å². The highest BCUT2D eigenvalue weighted by Gasteiger charge is 2.50. The predicted octanol–water partition coefficient (Wildman–Crippen LogP) is 3.57. The van der Waals surface area contributed by atoms with Crippen LogP contribution in [0, 0.1) is 11.3 Å². The third kappa shape index (κ3) is 4.91. The maximum atomic E-state index is 14.0. The number of ether oxygens (including phenoxy) is 2. The second kappa shape index (κ2) is 9.50. The fourth-order valence-corrected chi connectivity index (χ4v) is 4.94. The van der Waals surface area contributed by atoms with Gasteiger partial charge in [-0.15, -0.1) is 0 Å². The van der Waals surface area contributed by atoms with Gasteiger partial charge in [0.1, 0.15) is 0 Å². The van der Waals surface area contributed by atoms with Gasteiger partial charge in [-0.2, -0.15) is 13.2 Å². The number of carbonyl (C=O) groups excluding carboxylic acids is 1. The molecule has 1 saturated carbocycles. The summed E-state index contributed by atoms with van der Waals surface area (Å²) in [6.07, 6.45) is -9.36. The van der Waals surface area contributed by atoms with Crippen LogP contribution in [-0.2, 0) is 33.4 Å². The molecule has 4 atom stereocenters. The van der Waals surface area contributed by atoms with Gasteiger partial charge in [0.05, 0.1) is 30.5 Å². The zero-order valence-corrected chi connectivity index (χ0v) is 18.8. The smallest absolute Gasteiger partial charge is 0.379 e. The van der Waals surface area contributed by atoms with Crippen LogP contribution in [0.15, 0.2) is 12.3 Å². The van der Waals surface area contributed by atoms with Crippen LogP contribution in [-0.4, -0.2) is 60.7 Å². The minimum atomic E-state index is -4.58. The molecule has 2 aliphatic heterocycles. The monoisotopic (exact) mass is 477 g/mol. The summed E-state index contributed by atoms with van der Waals surface area (Å²) < 4.78 is 116. The number of nitrogens with one attached hydrogen (secondary N) is 1. The van der Waals surface area contributed by atoms with Gasteiger partial charge in [0.2, 0.25) is 5.91 Å². The molecule has 0 bridgehead atoms. The molecule has 6 nitrogen and oxygen atoms in total. The van der Waals surface area contributed by atoms with Crippen LogP contribution in [0.25, 0.3) is 0 Å². The summed E-state index contributed by atoms with van der Waals surface area (Å²) in [6.45, 7) is -2.76. The van der Waals surface area contributed by atoms with Crippen LogP contribution in [0.3, 0.4) is 0 Å². The summed E-state index contributed by atoms with van der Waals surface area (Å²) in [5.74, 6) is -0.597. The van der Waals surface area contributed by atoms with Crippen LogP contribution in [0.5, 0.6) is 0 Å². The lowest BCUT2D eigenvalue weighted by atomic mass is 9.74. The van der Waals surface area contributed by atoms with Crippen molar-refractivity contribution in [1.29, 1.82) is 0 Å². The standard InChI is InChI=1S/C24H34F3N3O3/c1-15(2)23(7-4-18(11-23)29-20-6-9-33-14-21(20)32-3)22(31)30-8-5-19-16(13-30)10-17(12-28-19)24(25,26)27/h10,12,15,18,20-21,29H,4-9,11,13-14H2,1-3H3/t18?,20-,21+,23-/m0/s1/i6D2,9D2,14D2,20D,21D. The fraction of sp³-hybridized carbons (Fsp3) is 0.750. The number of carbonyl (C=O) groups is 1. The second-order valence-electron chi connectivity index (χ2n) is 9.04. The summed E-state index contributed by atoms with van der Waals surface area (Å²) in [6, 6.07) is -2.85. The topological polar surface area (TPSA) is 63.7 Å². The van der Waals surface area contributed by atoms with Crippen molar-refractivity contribution >= 4 is 5.91 Å². The van der Waals surface area contributed by atoms with E-state index in [0.717, 1.165) is 19.4 Å². The SMILES string of the molecule is [2H]C1([2H])OC([2H])([2H])[C@@]([2H])(OC)[C@@]([2H])(NC2CC[C@@](C(=O)N3CCc4ncc(C(F)(F)F)cc4C3)(C(C)C)C2)C1([2H])[2H]. The number of pyridine rings is 1. The Morgan fingerprint density at radius 3 is 2.97 bits per heavy atom. The normalized spacial score (nSPS) is 43.1. The lowest BCUT2D eigenvalue weighted by Gasteiger charge is -2.40. The van der Waals surface area contributed by atoms with Crippen molar-refractivity contribution in [3.8, 4) is 0 Å². The second-order valence-corrected chi connectivity index (χ2v) is 9.04. The van der Waals surface area contributed by atoms with E-state index in [2.05, 4.69) is 15.0 Å². The third-order valence-electron chi connectivity index (χ3n) is 6.89. The summed E-state index contributed by atoms with van der Waals surface area (Å²) in [7, 11) is 0.903. The number of rotatable bonds is 5. The number of amides is 1. The van der Waals surface area contributed by atoms with Gasteiger partial charge in [0.25, 0.3) is 0 Å². The highest BCUT2D eigenvalue weighted by Crippen LogP contribution is 2.47. The molecule has 0 radical (unpaired) electrons. The quantitative estimate of drug-likeness (QED) is 0.703. The molecule has 33 heavy (non-hydrogen) atoms. The van der Waals surface area contributed by atoms with Crippen LogP contribution in [0.4, 0.5) is 13.2 Å². The molecule has 9 heteroatoms. The number of alkyl halides is 3. The van der Waals surface area contributed by atoms with Crippen LogP contribution < -0.4 is 5.32 Å². The maximum Gasteiger partial charge on any atom is 0.417 e. The predicted molar refractivity (Wildman–Crippen MR) is 116 cm³/mol. The Kier molecular flexibility index (Phi) is 4.62. The van der Waals surface area contributed by atoms with Crippen molar-refractivity contribution in [1.82, 2.24) is 15.2 Å². The fourth-order valence-electron chi connectivity index (χ4n) is 4.94. The maximum absolute atomic E-state index is 14.0. The molecule has 1 aromatic rings. The van der Waals surface area contributed by atoms with Crippen molar-refractivity contribution in [2.75, 3.05) is 26.8 Å². The van der Waals surface area contributed by atoms with Gasteiger partial charge in [-0.25, -0.2) is 0 Å². The highest BCUT2D eigenvalue weighted by atomic mass is 19.4. The van der Waals surface area contributed by atoms with Crippen LogP contribution >= 0.6 is 0 Å². The number of methoxy groups -OCH3 is 1. The van der Waals surface area contributed by atoms with E-state index in [1.54, 1.807) is 0 Å². The lowest BCUT2D eigenvalue weighted by molar-refractivity contribution is -0.146. The first-order valence-electron chi connectivity index (χ1n) is 15.0. The van der Waals surface area contributed by atoms with E-state index in [1.807, 2.05) is 13.8 Å². The Morgan fingerprint density at radius 2 is 2.27 bits per heavy atom. The minimum absolute atomic E-state index is 0.0387. The summed E-state index contributed by atoms with van der Waals surface area (Å²) in [5, 5.41) is 2.66. The zero-order chi connectivity index (χ0) is 31.0. The highest BCUT2D eigenvalue weighted by molar-refractivity contribution is 5.83. The first kappa shape index (κ1) is 16.1. The molecular formula is C24H34F3N3O3. The molecule has 1 aliphatic carbocycles. The largest absolute Gasteiger partial charge is 0.417 e. The van der Waals surface area contributed by atoms with Crippen LogP contribution in [0.2, 0.25) is 0 Å². The molecular weight excluding hydrogens is 435 g/mol. The van der Waals surface area contributed by atoms with Crippen molar-refractivity contribution in [2.45, 2.75) is 76.8 Å². The van der Waals surface area contributed by atoms with Gasteiger partial charge in [-0.1, -0.05) is 13.8 Å². The van der Waals surface area contributed by atoms with Gasteiger partial charge in [0, 0.05) is 61.2 Å². The third-order valence-corrected chi connectivity index (χ3v) is 6.89. The van der Waals surface area contributed by atoms with Gasteiger partial charge in [0.15, 0.2) is 0 Å². The minimum Gasteiger partial charge on any atom is -0.379 e. The number of fused-ring (bicyclic) bond motifs is 1. The molecule has 1 N–H and O–H groups in total. The number of hydrogen-bond acceptors (Lipinski definition) is 5. The molecule has 0 aromatic carbocycles. The molecule has 184 valence electrons. The van der Waals surface area contributed by atoms with Gasteiger partial charge >= 0.3 is 6.18 Å². The number of nitrogens with zero attached hydrogens (tertiary/aromatic N) is 2. The van der Waals surface area contributed by atoms with Crippen molar-refractivity contribution in [3.05, 3.63) is 29.1 Å². The lowest BCUT2D eigenvalue weighted by Crippen LogP contribution is -2.52. The molecule has 3 aliphatic rings. The summed E-state index contributed by atoms with van der Waals surface area (Å²) in [5.41, 5.74) is -1.18. The Morgan fingerprint density at radius 1 is 1.48 bits per heavy atom. The Balaban J connectivity index is 1.62. The summed E-state index contributed by atoms with van der Waals surface area (Å²) in [4.78, 5) is 19.5. The molecule has 1 unspecified atom stereocenters. The number of aromatic nitrogens is 1. The Hall–Kier alpha value is -1.71. The molecule has 1 aromatic heterocycles. The summed E-state index contributed by atoms with van der Waals surface area (Å²) >= 11 is 0. The van der Waals surface area contributed by atoms with E-state index < -0.39 is 54.8 Å². The molecule has 3 heterocycles. The van der Waals surface area contributed by atoms with Crippen molar-refractivity contribution in [3.63, 3.8) is 0 Å². The average molecular weight is 478 g/mol. The van der Waals surface area contributed by atoms with Crippen LogP contribution in [0.1, 0.15) is 67.3 Å². The van der Waals surface area contributed by atoms with E-state index in [-0.39, 0.29) is 50.6 Å². The first-order chi connectivity index (χ1) is 18.6. The van der Waals surface area contributed by atoms with Crippen molar-refractivity contribution < 1.29 is 38.4 Å². The number of hydrogen-bond donors (Lipinski definition) is 1. The van der Waals surface area contributed by atoms with E-state index in [1.165, 1.54) is 4.90 Å².